The highest BCUT2D eigenvalue weighted by molar-refractivity contribution is 7.99. The monoisotopic (exact) mass is 497 g/mol. The van der Waals surface area contributed by atoms with Gasteiger partial charge in [0.05, 0.1) is 16.6 Å². The fraction of sp³-hybridized carbons (Fsp3) is 0.280. The maximum atomic E-state index is 12.7. The van der Waals surface area contributed by atoms with Gasteiger partial charge in [-0.1, -0.05) is 17.8 Å². The van der Waals surface area contributed by atoms with Crippen molar-refractivity contribution in [2.24, 2.45) is 0 Å². The minimum atomic E-state index is -3.66. The van der Waals surface area contributed by atoms with Crippen molar-refractivity contribution in [1.29, 1.82) is 0 Å². The lowest BCUT2D eigenvalue weighted by atomic mass is 10.1. The summed E-state index contributed by atoms with van der Waals surface area (Å²) in [5.74, 6) is -0.167. The molecule has 0 spiro atoms. The van der Waals surface area contributed by atoms with Crippen LogP contribution in [0, 0.1) is 13.8 Å². The van der Waals surface area contributed by atoms with E-state index in [4.69, 9.17) is 4.74 Å². The number of hydrogen-bond acceptors (Lipinski definition) is 6. The van der Waals surface area contributed by atoms with Gasteiger partial charge in [0.2, 0.25) is 0 Å². The number of anilines is 1. The summed E-state index contributed by atoms with van der Waals surface area (Å²) in [5, 5.41) is 3.62. The van der Waals surface area contributed by atoms with Crippen LogP contribution in [0.15, 0.2) is 75.6 Å². The fourth-order valence-electron chi connectivity index (χ4n) is 3.50. The van der Waals surface area contributed by atoms with Gasteiger partial charge >= 0.3 is 0 Å². The van der Waals surface area contributed by atoms with E-state index in [1.807, 2.05) is 26.0 Å². The van der Waals surface area contributed by atoms with Crippen molar-refractivity contribution < 1.29 is 17.9 Å². The SMILES string of the molecule is Cc1ccc(S(=O)(=O)Nc2ccc(Sc3ccc(C(=O)NC[C@@H]4CCCO4)cn3)cc2)cc1C. The summed E-state index contributed by atoms with van der Waals surface area (Å²) in [5.41, 5.74) is 2.95. The molecule has 0 bridgehead atoms. The first kappa shape index (κ1) is 24.3. The van der Waals surface area contributed by atoms with E-state index in [2.05, 4.69) is 15.0 Å². The number of rotatable bonds is 8. The fourth-order valence-corrected chi connectivity index (χ4v) is 5.39. The Labute approximate surface area is 204 Å². The van der Waals surface area contributed by atoms with Crippen molar-refractivity contribution in [3.05, 3.63) is 77.5 Å². The molecule has 2 aromatic carbocycles. The zero-order valence-electron chi connectivity index (χ0n) is 19.1. The average Bonchev–Trinajstić information content (AvgIpc) is 3.34. The lowest BCUT2D eigenvalue weighted by molar-refractivity contribution is 0.0857. The van der Waals surface area contributed by atoms with Crippen molar-refractivity contribution in [3.63, 3.8) is 0 Å². The summed E-state index contributed by atoms with van der Waals surface area (Å²) in [6.07, 6.45) is 3.66. The van der Waals surface area contributed by atoms with Gasteiger partial charge in [0.1, 0.15) is 5.03 Å². The summed E-state index contributed by atoms with van der Waals surface area (Å²) in [6.45, 7) is 5.10. The number of sulfonamides is 1. The van der Waals surface area contributed by atoms with Crippen LogP contribution < -0.4 is 10.0 Å². The normalized spacial score (nSPS) is 15.8. The summed E-state index contributed by atoms with van der Waals surface area (Å²) in [7, 11) is -3.66. The molecular formula is C25H27N3O4S2. The molecule has 0 saturated carbocycles. The van der Waals surface area contributed by atoms with E-state index in [0.717, 1.165) is 40.5 Å². The number of aryl methyl sites for hydroxylation is 2. The Kier molecular flexibility index (Phi) is 7.55. The van der Waals surface area contributed by atoms with Gasteiger partial charge in [-0.25, -0.2) is 13.4 Å². The van der Waals surface area contributed by atoms with Crippen LogP contribution >= 0.6 is 11.8 Å². The van der Waals surface area contributed by atoms with E-state index in [0.29, 0.717) is 17.8 Å². The molecule has 3 aromatic rings. The quantitative estimate of drug-likeness (QED) is 0.474. The number of hydrogen-bond donors (Lipinski definition) is 2. The molecular weight excluding hydrogens is 470 g/mol. The Morgan fingerprint density at radius 2 is 1.88 bits per heavy atom. The van der Waals surface area contributed by atoms with Gasteiger partial charge in [0, 0.05) is 29.9 Å². The molecule has 0 radical (unpaired) electrons. The zero-order chi connectivity index (χ0) is 24.1. The molecule has 1 aliphatic heterocycles. The predicted octanol–water partition coefficient (Wildman–Crippen LogP) is 4.56. The third-order valence-electron chi connectivity index (χ3n) is 5.63. The molecule has 9 heteroatoms. The Balaban J connectivity index is 1.34. The lowest BCUT2D eigenvalue weighted by Gasteiger charge is -2.11. The largest absolute Gasteiger partial charge is 0.376 e. The highest BCUT2D eigenvalue weighted by Crippen LogP contribution is 2.28. The highest BCUT2D eigenvalue weighted by Gasteiger charge is 2.17. The molecule has 4 rings (SSSR count). The van der Waals surface area contributed by atoms with Crippen molar-refractivity contribution >= 4 is 33.4 Å². The first-order valence-corrected chi connectivity index (χ1v) is 13.3. The summed E-state index contributed by atoms with van der Waals surface area (Å²) >= 11 is 1.43. The van der Waals surface area contributed by atoms with Crippen molar-refractivity contribution in [1.82, 2.24) is 10.3 Å². The predicted molar refractivity (Wildman–Crippen MR) is 133 cm³/mol. The topological polar surface area (TPSA) is 97.4 Å². The molecule has 0 unspecified atom stereocenters. The molecule has 0 aliphatic carbocycles. The average molecular weight is 498 g/mol. The molecule has 1 fully saturated rings. The zero-order valence-corrected chi connectivity index (χ0v) is 20.7. The van der Waals surface area contributed by atoms with Gasteiger partial charge in [0.25, 0.3) is 15.9 Å². The number of nitrogens with one attached hydrogen (secondary N) is 2. The molecule has 1 amide bonds. The van der Waals surface area contributed by atoms with Crippen molar-refractivity contribution in [3.8, 4) is 0 Å². The smallest absolute Gasteiger partial charge is 0.261 e. The Hall–Kier alpha value is -2.88. The number of pyridine rings is 1. The first-order chi connectivity index (χ1) is 16.3. The third kappa shape index (κ3) is 6.16. The third-order valence-corrected chi connectivity index (χ3v) is 7.97. The van der Waals surface area contributed by atoms with Gasteiger partial charge < -0.3 is 10.1 Å². The van der Waals surface area contributed by atoms with Crippen molar-refractivity contribution in [2.45, 2.75) is 47.6 Å². The van der Waals surface area contributed by atoms with Crippen LogP contribution in [0.5, 0.6) is 0 Å². The minimum absolute atomic E-state index is 0.0974. The maximum absolute atomic E-state index is 12.7. The number of nitrogens with zero attached hydrogens (tertiary/aromatic N) is 1. The van der Waals surface area contributed by atoms with Crippen LogP contribution in [-0.4, -0.2) is 38.6 Å². The van der Waals surface area contributed by atoms with Crippen LogP contribution in [0.25, 0.3) is 0 Å². The molecule has 1 aliphatic rings. The summed E-state index contributed by atoms with van der Waals surface area (Å²) < 4.78 is 33.5. The molecule has 178 valence electrons. The van der Waals surface area contributed by atoms with Crippen LogP contribution in [0.4, 0.5) is 5.69 Å². The molecule has 1 aromatic heterocycles. The van der Waals surface area contributed by atoms with E-state index in [1.54, 1.807) is 48.7 Å². The van der Waals surface area contributed by atoms with Gasteiger partial charge in [-0.3, -0.25) is 9.52 Å². The number of aromatic nitrogens is 1. The summed E-state index contributed by atoms with van der Waals surface area (Å²) in [4.78, 5) is 17.8. The van der Waals surface area contributed by atoms with Crippen LogP contribution in [-0.2, 0) is 14.8 Å². The van der Waals surface area contributed by atoms with Gasteiger partial charge in [-0.15, -0.1) is 0 Å². The van der Waals surface area contributed by atoms with Gasteiger partial charge in [-0.2, -0.15) is 0 Å². The Morgan fingerprint density at radius 1 is 1.09 bits per heavy atom. The number of carbonyl (C=O) groups is 1. The van der Waals surface area contributed by atoms with Gasteiger partial charge in [0.15, 0.2) is 0 Å². The number of benzene rings is 2. The molecule has 1 saturated heterocycles. The standard InChI is InChI=1S/C25H27N3O4S2/c1-17-5-11-23(14-18(17)2)34(30,31)28-20-7-9-22(10-8-20)33-24-12-6-19(15-26-24)25(29)27-16-21-4-3-13-32-21/h5-12,14-15,21,28H,3-4,13,16H2,1-2H3,(H,27,29)/t21-/m0/s1. The first-order valence-electron chi connectivity index (χ1n) is 11.0. The second-order valence-electron chi connectivity index (χ2n) is 8.21. The second kappa shape index (κ2) is 10.6. The van der Waals surface area contributed by atoms with E-state index in [1.165, 1.54) is 11.8 Å². The Morgan fingerprint density at radius 3 is 2.53 bits per heavy atom. The maximum Gasteiger partial charge on any atom is 0.261 e. The van der Waals surface area contributed by atoms with E-state index in [9.17, 15) is 13.2 Å². The van der Waals surface area contributed by atoms with Gasteiger partial charge in [-0.05, 0) is 86.3 Å². The lowest BCUT2D eigenvalue weighted by Crippen LogP contribution is -2.31. The van der Waals surface area contributed by atoms with Crippen molar-refractivity contribution in [2.75, 3.05) is 17.9 Å². The molecule has 34 heavy (non-hydrogen) atoms. The number of carbonyl (C=O) groups excluding carboxylic acids is 1. The minimum Gasteiger partial charge on any atom is -0.376 e. The number of ether oxygens (including phenoxy) is 1. The van der Waals surface area contributed by atoms with Crippen LogP contribution in [0.3, 0.4) is 0 Å². The Bertz CT molecular complexity index is 1250. The highest BCUT2D eigenvalue weighted by atomic mass is 32.2. The van der Waals surface area contributed by atoms with E-state index < -0.39 is 10.0 Å². The molecule has 1 atom stereocenters. The molecule has 7 nitrogen and oxygen atoms in total. The second-order valence-corrected chi connectivity index (χ2v) is 11.0. The number of amides is 1. The van der Waals surface area contributed by atoms with Crippen LogP contribution in [0.2, 0.25) is 0 Å². The van der Waals surface area contributed by atoms with Crippen LogP contribution in [0.1, 0.15) is 34.3 Å². The van der Waals surface area contributed by atoms with E-state index in [-0.39, 0.29) is 16.9 Å². The summed E-state index contributed by atoms with van der Waals surface area (Å²) in [6, 6.07) is 15.7. The molecule has 2 N–H and O–H groups in total. The van der Waals surface area contributed by atoms with E-state index >= 15 is 0 Å². The molecule has 2 heterocycles.